The Kier molecular flexibility index (Phi) is 5.10. The lowest BCUT2D eigenvalue weighted by atomic mass is 9.96. The van der Waals surface area contributed by atoms with Gasteiger partial charge in [-0.2, -0.15) is 4.31 Å². The summed E-state index contributed by atoms with van der Waals surface area (Å²) in [6, 6.07) is 6.13. The maximum Gasteiger partial charge on any atom is 0.306 e. The van der Waals surface area contributed by atoms with E-state index < -0.39 is 21.9 Å². The summed E-state index contributed by atoms with van der Waals surface area (Å²) in [5, 5.41) is 9.04. The van der Waals surface area contributed by atoms with Crippen molar-refractivity contribution in [1.82, 2.24) is 9.21 Å². The smallest absolute Gasteiger partial charge is 0.306 e. The molecule has 1 N–H and O–H groups in total. The fourth-order valence-corrected chi connectivity index (χ4v) is 4.94. The topological polar surface area (TPSA) is 95.0 Å². The molecule has 0 radical (unpaired) electrons. The van der Waals surface area contributed by atoms with Gasteiger partial charge < -0.3 is 10.0 Å². The Balaban J connectivity index is 1.75. The number of hydrogen-bond donors (Lipinski definition) is 1. The highest BCUT2D eigenvalue weighted by Gasteiger charge is 2.30. The van der Waals surface area contributed by atoms with E-state index in [1.54, 1.807) is 17.0 Å². The number of benzene rings is 1. The molecular formula is C17H22N2O5S. The van der Waals surface area contributed by atoms with Crippen molar-refractivity contribution in [2.75, 3.05) is 26.2 Å². The SMILES string of the molecule is O=C(O)C1CCN(C(=O)c2cccc(S(=O)(=O)N3CCCC3)c2)CC1. The highest BCUT2D eigenvalue weighted by Crippen LogP contribution is 2.23. The van der Waals surface area contributed by atoms with Gasteiger partial charge in [0.25, 0.3) is 5.91 Å². The molecule has 2 fully saturated rings. The lowest BCUT2D eigenvalue weighted by Crippen LogP contribution is -2.40. The third-order valence-corrected chi connectivity index (χ3v) is 6.81. The van der Waals surface area contributed by atoms with E-state index >= 15 is 0 Å². The van der Waals surface area contributed by atoms with Crippen LogP contribution >= 0.6 is 0 Å². The van der Waals surface area contributed by atoms with Crippen LogP contribution in [0.2, 0.25) is 0 Å². The second-order valence-electron chi connectivity index (χ2n) is 6.54. The van der Waals surface area contributed by atoms with Crippen LogP contribution in [0, 0.1) is 5.92 Å². The van der Waals surface area contributed by atoms with Crippen LogP contribution in [0.5, 0.6) is 0 Å². The Hall–Kier alpha value is -1.93. The summed E-state index contributed by atoms with van der Waals surface area (Å²) >= 11 is 0. The molecule has 2 saturated heterocycles. The van der Waals surface area contributed by atoms with E-state index in [-0.39, 0.29) is 10.8 Å². The van der Waals surface area contributed by atoms with Crippen LogP contribution in [0.1, 0.15) is 36.0 Å². The van der Waals surface area contributed by atoms with Crippen LogP contribution in [0.15, 0.2) is 29.2 Å². The van der Waals surface area contributed by atoms with E-state index in [2.05, 4.69) is 0 Å². The summed E-state index contributed by atoms with van der Waals surface area (Å²) < 4.78 is 26.7. The number of rotatable bonds is 4. The Morgan fingerprint density at radius 1 is 1.04 bits per heavy atom. The first-order valence-electron chi connectivity index (χ1n) is 8.52. The molecule has 0 spiro atoms. The minimum atomic E-state index is -3.56. The minimum Gasteiger partial charge on any atom is -0.481 e. The number of carbonyl (C=O) groups is 2. The maximum atomic E-state index is 12.6. The molecule has 1 amide bonds. The van der Waals surface area contributed by atoms with Crippen molar-refractivity contribution in [2.24, 2.45) is 5.92 Å². The van der Waals surface area contributed by atoms with E-state index in [0.29, 0.717) is 44.6 Å². The Bertz CT molecular complexity index is 763. The molecule has 0 aliphatic carbocycles. The number of aliphatic carboxylic acids is 1. The van der Waals surface area contributed by atoms with Crippen molar-refractivity contribution < 1.29 is 23.1 Å². The Morgan fingerprint density at radius 2 is 1.68 bits per heavy atom. The van der Waals surface area contributed by atoms with E-state index in [0.717, 1.165) is 12.8 Å². The van der Waals surface area contributed by atoms with E-state index in [1.165, 1.54) is 16.4 Å². The number of hydrogen-bond acceptors (Lipinski definition) is 4. The molecule has 8 heteroatoms. The molecule has 1 aromatic carbocycles. The van der Waals surface area contributed by atoms with Gasteiger partial charge in [-0.1, -0.05) is 6.07 Å². The van der Waals surface area contributed by atoms with Gasteiger partial charge in [-0.05, 0) is 43.9 Å². The monoisotopic (exact) mass is 366 g/mol. The third-order valence-electron chi connectivity index (χ3n) is 4.92. The van der Waals surface area contributed by atoms with E-state index in [4.69, 9.17) is 5.11 Å². The van der Waals surface area contributed by atoms with Gasteiger partial charge in [0.15, 0.2) is 0 Å². The average molecular weight is 366 g/mol. The first-order valence-corrected chi connectivity index (χ1v) is 9.96. The number of amides is 1. The van der Waals surface area contributed by atoms with Crippen molar-refractivity contribution in [2.45, 2.75) is 30.6 Å². The van der Waals surface area contributed by atoms with Gasteiger partial charge >= 0.3 is 5.97 Å². The molecule has 0 bridgehead atoms. The van der Waals surface area contributed by atoms with Crippen LogP contribution in [0.25, 0.3) is 0 Å². The number of likely N-dealkylation sites (tertiary alicyclic amines) is 1. The number of carboxylic acids is 1. The highest BCUT2D eigenvalue weighted by molar-refractivity contribution is 7.89. The first kappa shape index (κ1) is 17.9. The molecule has 2 heterocycles. The lowest BCUT2D eigenvalue weighted by Gasteiger charge is -2.30. The summed E-state index contributed by atoms with van der Waals surface area (Å²) in [5.74, 6) is -1.49. The molecule has 7 nitrogen and oxygen atoms in total. The average Bonchev–Trinajstić information content (AvgIpc) is 3.17. The zero-order valence-electron chi connectivity index (χ0n) is 13.9. The Morgan fingerprint density at radius 3 is 2.28 bits per heavy atom. The van der Waals surface area contributed by atoms with Gasteiger partial charge in [0.2, 0.25) is 10.0 Å². The minimum absolute atomic E-state index is 0.140. The zero-order valence-corrected chi connectivity index (χ0v) is 14.7. The molecule has 0 saturated carbocycles. The van der Waals surface area contributed by atoms with Gasteiger partial charge in [0.05, 0.1) is 10.8 Å². The molecule has 0 atom stereocenters. The van der Waals surface area contributed by atoms with Crippen LogP contribution in [0.4, 0.5) is 0 Å². The van der Waals surface area contributed by atoms with Crippen molar-refractivity contribution >= 4 is 21.9 Å². The first-order chi connectivity index (χ1) is 11.9. The van der Waals surface area contributed by atoms with Crippen molar-refractivity contribution in [3.63, 3.8) is 0 Å². The molecule has 0 aromatic heterocycles. The number of nitrogens with zero attached hydrogens (tertiary/aromatic N) is 2. The predicted octanol–water partition coefficient (Wildman–Crippen LogP) is 1.41. The quantitative estimate of drug-likeness (QED) is 0.869. The van der Waals surface area contributed by atoms with Crippen molar-refractivity contribution in [3.05, 3.63) is 29.8 Å². The van der Waals surface area contributed by atoms with Crippen LogP contribution < -0.4 is 0 Å². The maximum absolute atomic E-state index is 12.6. The molecular weight excluding hydrogens is 344 g/mol. The van der Waals surface area contributed by atoms with E-state index in [1.807, 2.05) is 0 Å². The Labute approximate surface area is 147 Å². The summed E-state index contributed by atoms with van der Waals surface area (Å²) in [7, 11) is -3.56. The zero-order chi connectivity index (χ0) is 18.0. The van der Waals surface area contributed by atoms with Gasteiger partial charge in [-0.15, -0.1) is 0 Å². The molecule has 25 heavy (non-hydrogen) atoms. The van der Waals surface area contributed by atoms with Crippen molar-refractivity contribution in [3.8, 4) is 0 Å². The van der Waals surface area contributed by atoms with Crippen LogP contribution in [-0.4, -0.2) is 60.8 Å². The largest absolute Gasteiger partial charge is 0.481 e. The molecule has 136 valence electrons. The summed E-state index contributed by atoms with van der Waals surface area (Å²) in [6.07, 6.45) is 2.56. The van der Waals surface area contributed by atoms with Gasteiger partial charge in [-0.25, -0.2) is 8.42 Å². The fourth-order valence-electron chi connectivity index (χ4n) is 3.38. The lowest BCUT2D eigenvalue weighted by molar-refractivity contribution is -0.143. The van der Waals surface area contributed by atoms with Gasteiger partial charge in [-0.3, -0.25) is 9.59 Å². The number of piperidine rings is 1. The van der Waals surface area contributed by atoms with Gasteiger partial charge in [0.1, 0.15) is 0 Å². The second-order valence-corrected chi connectivity index (χ2v) is 8.48. The standard InChI is InChI=1S/C17H22N2O5S/c20-16(18-10-6-13(7-11-18)17(21)22)14-4-3-5-15(12-14)25(23,24)19-8-1-2-9-19/h3-5,12-13H,1-2,6-11H2,(H,21,22). The number of sulfonamides is 1. The second kappa shape index (κ2) is 7.13. The summed E-state index contributed by atoms with van der Waals surface area (Å²) in [5.41, 5.74) is 0.328. The molecule has 1 aromatic rings. The van der Waals surface area contributed by atoms with Gasteiger partial charge in [0, 0.05) is 31.7 Å². The fraction of sp³-hybridized carbons (Fsp3) is 0.529. The molecule has 3 rings (SSSR count). The molecule has 0 unspecified atom stereocenters. The predicted molar refractivity (Wildman–Crippen MR) is 90.7 cm³/mol. The molecule has 2 aliphatic rings. The highest BCUT2D eigenvalue weighted by atomic mass is 32.2. The number of carbonyl (C=O) groups excluding carboxylic acids is 1. The van der Waals surface area contributed by atoms with Crippen LogP contribution in [-0.2, 0) is 14.8 Å². The number of carboxylic acid groups (broad SMARTS) is 1. The molecule has 2 aliphatic heterocycles. The van der Waals surface area contributed by atoms with Crippen LogP contribution in [0.3, 0.4) is 0 Å². The summed E-state index contributed by atoms with van der Waals surface area (Å²) in [4.78, 5) is 25.4. The normalized spacial score (nSPS) is 19.9. The van der Waals surface area contributed by atoms with E-state index in [9.17, 15) is 18.0 Å². The summed E-state index contributed by atoms with van der Waals surface area (Å²) in [6.45, 7) is 1.78. The third kappa shape index (κ3) is 3.69. The van der Waals surface area contributed by atoms with Crippen molar-refractivity contribution in [1.29, 1.82) is 0 Å².